The molecule has 0 amide bonds. The molecule has 2 heteroatoms. The molecule has 1 N–H and O–H groups in total. The molecule has 0 spiro atoms. The lowest BCUT2D eigenvalue weighted by atomic mass is 10.1. The van der Waals surface area contributed by atoms with Gasteiger partial charge in [-0.2, -0.15) is 0 Å². The molecule has 20 heavy (non-hydrogen) atoms. The van der Waals surface area contributed by atoms with E-state index in [4.69, 9.17) is 0 Å². The molecule has 2 aromatic rings. The van der Waals surface area contributed by atoms with Gasteiger partial charge in [0.1, 0.15) is 0 Å². The molecule has 104 valence electrons. The molecule has 1 unspecified atom stereocenters. The van der Waals surface area contributed by atoms with Crippen molar-refractivity contribution in [3.05, 3.63) is 71.8 Å². The second-order valence-electron chi connectivity index (χ2n) is 5.08. The Morgan fingerprint density at radius 1 is 1.00 bits per heavy atom. The van der Waals surface area contributed by atoms with Crippen LogP contribution in [0.2, 0.25) is 0 Å². The molecule has 0 heterocycles. The van der Waals surface area contributed by atoms with E-state index in [1.54, 1.807) is 0 Å². The van der Waals surface area contributed by atoms with Gasteiger partial charge in [-0.25, -0.2) is 0 Å². The van der Waals surface area contributed by atoms with Crippen LogP contribution in [0.5, 0.6) is 0 Å². The zero-order valence-corrected chi connectivity index (χ0v) is 11.9. The Morgan fingerprint density at radius 2 is 1.60 bits per heavy atom. The Morgan fingerprint density at radius 3 is 2.25 bits per heavy atom. The van der Waals surface area contributed by atoms with Gasteiger partial charge < -0.3 is 5.32 Å². The molecule has 0 saturated carbocycles. The third kappa shape index (κ3) is 4.63. The number of nitrogens with one attached hydrogen (secondary N) is 1. The second-order valence-corrected chi connectivity index (χ2v) is 5.08. The van der Waals surface area contributed by atoms with E-state index in [-0.39, 0.29) is 5.78 Å². The summed E-state index contributed by atoms with van der Waals surface area (Å²) in [6.45, 7) is 2.88. The van der Waals surface area contributed by atoms with E-state index in [2.05, 4.69) is 36.5 Å². The molecule has 0 radical (unpaired) electrons. The topological polar surface area (TPSA) is 29.1 Å². The Labute approximate surface area is 120 Å². The summed E-state index contributed by atoms with van der Waals surface area (Å²) in [6, 6.07) is 20.3. The van der Waals surface area contributed by atoms with Gasteiger partial charge in [-0.05, 0) is 18.9 Å². The number of carbonyl (C=O) groups excluding carboxylic acids is 1. The van der Waals surface area contributed by atoms with Crippen molar-refractivity contribution in [1.29, 1.82) is 0 Å². The van der Waals surface area contributed by atoms with E-state index < -0.39 is 0 Å². The zero-order valence-electron chi connectivity index (χ0n) is 11.9. The minimum absolute atomic E-state index is 0.199. The fourth-order valence-corrected chi connectivity index (χ4v) is 2.24. The van der Waals surface area contributed by atoms with Gasteiger partial charge in [0.15, 0.2) is 5.78 Å². The van der Waals surface area contributed by atoms with Crippen molar-refractivity contribution in [2.45, 2.75) is 25.8 Å². The van der Waals surface area contributed by atoms with Crippen LogP contribution in [0.4, 0.5) is 0 Å². The fraction of sp³-hybridized carbons (Fsp3) is 0.278. The summed E-state index contributed by atoms with van der Waals surface area (Å²) < 4.78 is 0. The zero-order chi connectivity index (χ0) is 14.2. The molecule has 0 aliphatic carbocycles. The van der Waals surface area contributed by atoms with Crippen molar-refractivity contribution in [3.63, 3.8) is 0 Å². The molecule has 0 aromatic heterocycles. The lowest BCUT2D eigenvalue weighted by Gasteiger charge is -2.13. The Bertz CT molecular complexity index is 522. The molecular weight excluding hydrogens is 246 g/mol. The summed E-state index contributed by atoms with van der Waals surface area (Å²) in [7, 11) is 0. The smallest absolute Gasteiger partial charge is 0.164 e. The van der Waals surface area contributed by atoms with Crippen LogP contribution in [0.1, 0.15) is 29.3 Å². The largest absolute Gasteiger partial charge is 0.313 e. The molecule has 2 nitrogen and oxygen atoms in total. The lowest BCUT2D eigenvalue weighted by molar-refractivity contribution is 0.0982. The lowest BCUT2D eigenvalue weighted by Crippen LogP contribution is -2.30. The first-order chi connectivity index (χ1) is 9.75. The van der Waals surface area contributed by atoms with Gasteiger partial charge in [0, 0.05) is 24.6 Å². The monoisotopic (exact) mass is 267 g/mol. The van der Waals surface area contributed by atoms with Crippen LogP contribution in [0.15, 0.2) is 60.7 Å². The Kier molecular flexibility index (Phi) is 5.51. The van der Waals surface area contributed by atoms with E-state index in [0.29, 0.717) is 12.5 Å². The molecule has 0 bridgehead atoms. The summed E-state index contributed by atoms with van der Waals surface area (Å²) in [6.07, 6.45) is 1.53. The van der Waals surface area contributed by atoms with E-state index in [9.17, 15) is 4.79 Å². The van der Waals surface area contributed by atoms with Crippen LogP contribution in [-0.4, -0.2) is 18.4 Å². The minimum Gasteiger partial charge on any atom is -0.313 e. The molecule has 0 aliphatic heterocycles. The minimum atomic E-state index is 0.199. The highest BCUT2D eigenvalue weighted by molar-refractivity contribution is 5.96. The van der Waals surface area contributed by atoms with Crippen molar-refractivity contribution >= 4 is 5.78 Å². The predicted molar refractivity (Wildman–Crippen MR) is 83.0 cm³/mol. The highest BCUT2D eigenvalue weighted by Crippen LogP contribution is 2.04. The van der Waals surface area contributed by atoms with Crippen LogP contribution in [-0.2, 0) is 6.42 Å². The maximum absolute atomic E-state index is 11.9. The first-order valence-corrected chi connectivity index (χ1v) is 7.11. The highest BCUT2D eigenvalue weighted by atomic mass is 16.1. The summed E-state index contributed by atoms with van der Waals surface area (Å²) in [5.74, 6) is 0.199. The molecule has 0 fully saturated rings. The van der Waals surface area contributed by atoms with E-state index in [0.717, 1.165) is 18.5 Å². The van der Waals surface area contributed by atoms with E-state index in [1.807, 2.05) is 36.4 Å². The molecular formula is C18H21NO. The number of hydrogen-bond donors (Lipinski definition) is 1. The molecule has 0 aliphatic rings. The van der Waals surface area contributed by atoms with E-state index >= 15 is 0 Å². The third-order valence-corrected chi connectivity index (χ3v) is 3.33. The van der Waals surface area contributed by atoms with E-state index in [1.165, 1.54) is 5.56 Å². The predicted octanol–water partition coefficient (Wildman–Crippen LogP) is 3.48. The van der Waals surface area contributed by atoms with Gasteiger partial charge >= 0.3 is 0 Å². The third-order valence-electron chi connectivity index (χ3n) is 3.33. The van der Waals surface area contributed by atoms with Crippen molar-refractivity contribution < 1.29 is 4.79 Å². The maximum atomic E-state index is 11.9. The Hall–Kier alpha value is -1.93. The van der Waals surface area contributed by atoms with Gasteiger partial charge in [0.25, 0.3) is 0 Å². The average Bonchev–Trinajstić information content (AvgIpc) is 2.49. The van der Waals surface area contributed by atoms with Gasteiger partial charge in [-0.1, -0.05) is 60.7 Å². The van der Waals surface area contributed by atoms with Crippen molar-refractivity contribution in [1.82, 2.24) is 5.32 Å². The highest BCUT2D eigenvalue weighted by Gasteiger charge is 2.06. The van der Waals surface area contributed by atoms with Crippen LogP contribution < -0.4 is 5.32 Å². The maximum Gasteiger partial charge on any atom is 0.164 e. The summed E-state index contributed by atoms with van der Waals surface area (Å²) in [5.41, 5.74) is 2.12. The second kappa shape index (κ2) is 7.61. The average molecular weight is 267 g/mol. The number of rotatable bonds is 7. The van der Waals surface area contributed by atoms with Gasteiger partial charge in [0.05, 0.1) is 0 Å². The van der Waals surface area contributed by atoms with Gasteiger partial charge in [-0.3, -0.25) is 4.79 Å². The number of Topliss-reactive ketones (excluding diaryl/α,β-unsaturated/α-hetero) is 1. The van der Waals surface area contributed by atoms with Gasteiger partial charge in [-0.15, -0.1) is 0 Å². The quantitative estimate of drug-likeness (QED) is 0.778. The first kappa shape index (κ1) is 14.5. The van der Waals surface area contributed by atoms with Crippen molar-refractivity contribution in [3.8, 4) is 0 Å². The molecule has 2 rings (SSSR count). The van der Waals surface area contributed by atoms with Crippen molar-refractivity contribution in [2.75, 3.05) is 6.54 Å². The van der Waals surface area contributed by atoms with Crippen molar-refractivity contribution in [2.24, 2.45) is 0 Å². The fourth-order valence-electron chi connectivity index (χ4n) is 2.24. The SMILES string of the molecule is CC(Cc1ccccc1)NCCC(=O)c1ccccc1. The number of carbonyl (C=O) groups is 1. The molecule has 0 saturated heterocycles. The first-order valence-electron chi connectivity index (χ1n) is 7.11. The van der Waals surface area contributed by atoms with Crippen LogP contribution in [0, 0.1) is 0 Å². The molecule has 1 atom stereocenters. The number of benzene rings is 2. The molecule has 2 aromatic carbocycles. The summed E-state index contributed by atoms with van der Waals surface area (Å²) in [5, 5.41) is 3.41. The van der Waals surface area contributed by atoms with Crippen LogP contribution in [0.25, 0.3) is 0 Å². The number of ketones is 1. The normalized spacial score (nSPS) is 12.1. The van der Waals surface area contributed by atoms with Crippen LogP contribution >= 0.6 is 0 Å². The van der Waals surface area contributed by atoms with Crippen LogP contribution in [0.3, 0.4) is 0 Å². The Balaban J connectivity index is 1.72. The number of hydrogen-bond acceptors (Lipinski definition) is 2. The standard InChI is InChI=1S/C18H21NO/c1-15(14-16-8-4-2-5-9-16)19-13-12-18(20)17-10-6-3-7-11-17/h2-11,15,19H,12-14H2,1H3. The summed E-state index contributed by atoms with van der Waals surface area (Å²) >= 11 is 0. The van der Waals surface area contributed by atoms with Gasteiger partial charge in [0.2, 0.25) is 0 Å². The summed E-state index contributed by atoms with van der Waals surface area (Å²) in [4.78, 5) is 11.9.